The van der Waals surface area contributed by atoms with Crippen molar-refractivity contribution < 1.29 is 9.59 Å². The van der Waals surface area contributed by atoms with Crippen LogP contribution in [-0.4, -0.2) is 29.4 Å². The summed E-state index contributed by atoms with van der Waals surface area (Å²) in [6, 6.07) is 12.6. The number of aryl methyl sites for hydroxylation is 1. The maximum absolute atomic E-state index is 12.3. The van der Waals surface area contributed by atoms with Gasteiger partial charge in [0.15, 0.2) is 0 Å². The fourth-order valence-electron chi connectivity index (χ4n) is 3.12. The van der Waals surface area contributed by atoms with Gasteiger partial charge in [0.05, 0.1) is 6.04 Å². The molecule has 4 N–H and O–H groups in total. The monoisotopic (exact) mass is 352 g/mol. The summed E-state index contributed by atoms with van der Waals surface area (Å²) in [4.78, 5) is 26.2. The van der Waals surface area contributed by atoms with E-state index in [0.717, 1.165) is 28.1 Å². The third-order valence-corrected chi connectivity index (χ3v) is 4.52. The standard InChI is InChI=1S/C20H24N4O2/c1-13-6-8-16(9-7-13)22-20(26)23-18-5-3-4-15-12-24(11-10-17(15)18)19(25)14(2)21/h3-9,14H,10-12,21H2,1-2H3,(H2,22,23,26)/t14-/m1/s1. The number of benzene rings is 2. The SMILES string of the molecule is Cc1ccc(NC(=O)Nc2cccc3c2CCN(C(=O)[C@@H](C)N)C3)cc1. The highest BCUT2D eigenvalue weighted by Gasteiger charge is 2.24. The summed E-state index contributed by atoms with van der Waals surface area (Å²) in [6.45, 7) is 4.82. The molecule has 136 valence electrons. The molecule has 26 heavy (non-hydrogen) atoms. The first-order chi connectivity index (χ1) is 12.4. The fourth-order valence-corrected chi connectivity index (χ4v) is 3.12. The van der Waals surface area contributed by atoms with Crippen molar-refractivity contribution in [3.05, 3.63) is 59.2 Å². The van der Waals surface area contributed by atoms with Crippen LogP contribution in [0.25, 0.3) is 0 Å². The Morgan fingerprint density at radius 2 is 1.85 bits per heavy atom. The molecule has 0 aromatic heterocycles. The molecule has 1 atom stereocenters. The largest absolute Gasteiger partial charge is 0.337 e. The van der Waals surface area contributed by atoms with E-state index in [-0.39, 0.29) is 11.9 Å². The van der Waals surface area contributed by atoms with Gasteiger partial charge in [0.25, 0.3) is 0 Å². The zero-order valence-corrected chi connectivity index (χ0v) is 15.1. The van der Waals surface area contributed by atoms with Crippen molar-refractivity contribution in [2.24, 2.45) is 5.73 Å². The van der Waals surface area contributed by atoms with Crippen LogP contribution in [0.4, 0.5) is 16.2 Å². The number of nitrogens with one attached hydrogen (secondary N) is 2. The quantitative estimate of drug-likeness (QED) is 0.794. The molecule has 0 unspecified atom stereocenters. The van der Waals surface area contributed by atoms with Crippen LogP contribution in [-0.2, 0) is 17.8 Å². The van der Waals surface area contributed by atoms with Crippen LogP contribution in [0.1, 0.15) is 23.6 Å². The average Bonchev–Trinajstić information content (AvgIpc) is 2.62. The molecule has 3 amide bonds. The smallest absolute Gasteiger partial charge is 0.323 e. The van der Waals surface area contributed by atoms with Crippen LogP contribution in [0.5, 0.6) is 0 Å². The van der Waals surface area contributed by atoms with Gasteiger partial charge < -0.3 is 21.3 Å². The van der Waals surface area contributed by atoms with E-state index in [9.17, 15) is 9.59 Å². The van der Waals surface area contributed by atoms with Crippen LogP contribution in [0.15, 0.2) is 42.5 Å². The first kappa shape index (κ1) is 17.9. The predicted molar refractivity (Wildman–Crippen MR) is 103 cm³/mol. The number of nitrogens with two attached hydrogens (primary N) is 1. The summed E-state index contributed by atoms with van der Waals surface area (Å²) >= 11 is 0. The molecule has 0 bridgehead atoms. The predicted octanol–water partition coefficient (Wildman–Crippen LogP) is 2.87. The second kappa shape index (κ2) is 7.58. The lowest BCUT2D eigenvalue weighted by atomic mass is 9.97. The van der Waals surface area contributed by atoms with E-state index in [4.69, 9.17) is 5.73 Å². The van der Waals surface area contributed by atoms with Gasteiger partial charge in [-0.15, -0.1) is 0 Å². The molecule has 0 spiro atoms. The highest BCUT2D eigenvalue weighted by molar-refractivity contribution is 6.00. The van der Waals surface area contributed by atoms with Crippen molar-refractivity contribution in [2.45, 2.75) is 32.9 Å². The Balaban J connectivity index is 1.70. The molecule has 1 heterocycles. The van der Waals surface area contributed by atoms with E-state index in [1.54, 1.807) is 11.8 Å². The van der Waals surface area contributed by atoms with E-state index < -0.39 is 6.04 Å². The van der Waals surface area contributed by atoms with Crippen LogP contribution in [0, 0.1) is 6.92 Å². The Morgan fingerprint density at radius 1 is 1.12 bits per heavy atom. The van der Waals surface area contributed by atoms with Gasteiger partial charge in [-0.3, -0.25) is 4.79 Å². The minimum Gasteiger partial charge on any atom is -0.337 e. The summed E-state index contributed by atoms with van der Waals surface area (Å²) in [6.07, 6.45) is 0.689. The van der Waals surface area contributed by atoms with Crippen LogP contribution in [0.3, 0.4) is 0 Å². The Kier molecular flexibility index (Phi) is 5.23. The molecular formula is C20H24N4O2. The van der Waals surface area contributed by atoms with Gasteiger partial charge in [-0.05, 0) is 49.6 Å². The maximum Gasteiger partial charge on any atom is 0.323 e. The van der Waals surface area contributed by atoms with E-state index in [1.165, 1.54) is 0 Å². The molecule has 1 aliphatic rings. The lowest BCUT2D eigenvalue weighted by molar-refractivity contribution is -0.133. The number of fused-ring (bicyclic) bond motifs is 1. The zero-order valence-electron chi connectivity index (χ0n) is 15.1. The number of hydrogen-bond donors (Lipinski definition) is 3. The maximum atomic E-state index is 12.3. The van der Waals surface area contributed by atoms with E-state index in [1.807, 2.05) is 49.4 Å². The Hall–Kier alpha value is -2.86. The van der Waals surface area contributed by atoms with Gasteiger partial charge in [-0.2, -0.15) is 0 Å². The minimum atomic E-state index is -0.502. The first-order valence-corrected chi connectivity index (χ1v) is 8.74. The molecule has 0 fully saturated rings. The molecule has 1 aliphatic heterocycles. The van der Waals surface area contributed by atoms with Gasteiger partial charge in [0, 0.05) is 24.5 Å². The number of hydrogen-bond acceptors (Lipinski definition) is 3. The van der Waals surface area contributed by atoms with Crippen molar-refractivity contribution in [2.75, 3.05) is 17.2 Å². The number of urea groups is 1. The molecular weight excluding hydrogens is 328 g/mol. The molecule has 2 aromatic carbocycles. The first-order valence-electron chi connectivity index (χ1n) is 8.74. The summed E-state index contributed by atoms with van der Waals surface area (Å²) < 4.78 is 0. The third kappa shape index (κ3) is 4.03. The van der Waals surface area contributed by atoms with E-state index in [0.29, 0.717) is 19.5 Å². The highest BCUT2D eigenvalue weighted by atomic mass is 16.2. The summed E-state index contributed by atoms with van der Waals surface area (Å²) in [7, 11) is 0. The second-order valence-electron chi connectivity index (χ2n) is 6.69. The number of nitrogens with zero attached hydrogens (tertiary/aromatic N) is 1. The minimum absolute atomic E-state index is 0.0499. The van der Waals surface area contributed by atoms with Crippen molar-refractivity contribution in [1.82, 2.24) is 4.90 Å². The lowest BCUT2D eigenvalue weighted by Gasteiger charge is -2.31. The average molecular weight is 352 g/mol. The van der Waals surface area contributed by atoms with Crippen molar-refractivity contribution in [1.29, 1.82) is 0 Å². The molecule has 0 aliphatic carbocycles. The zero-order chi connectivity index (χ0) is 18.7. The summed E-state index contributed by atoms with van der Waals surface area (Å²) in [5, 5.41) is 5.76. The molecule has 2 aromatic rings. The number of anilines is 2. The summed E-state index contributed by atoms with van der Waals surface area (Å²) in [5.74, 6) is -0.0499. The number of amides is 3. The van der Waals surface area contributed by atoms with Crippen LogP contribution >= 0.6 is 0 Å². The fraction of sp³-hybridized carbons (Fsp3) is 0.300. The Labute approximate surface area is 153 Å². The number of rotatable bonds is 3. The Bertz CT molecular complexity index is 815. The topological polar surface area (TPSA) is 87.5 Å². The Morgan fingerprint density at radius 3 is 2.54 bits per heavy atom. The lowest BCUT2D eigenvalue weighted by Crippen LogP contribution is -2.44. The third-order valence-electron chi connectivity index (χ3n) is 4.52. The van der Waals surface area contributed by atoms with Gasteiger partial charge >= 0.3 is 6.03 Å². The van der Waals surface area contributed by atoms with Gasteiger partial charge in [0.2, 0.25) is 5.91 Å². The number of carbonyl (C=O) groups is 2. The molecule has 0 radical (unpaired) electrons. The molecule has 0 saturated carbocycles. The second-order valence-corrected chi connectivity index (χ2v) is 6.69. The van der Waals surface area contributed by atoms with Crippen LogP contribution in [0.2, 0.25) is 0 Å². The molecule has 6 heteroatoms. The number of carbonyl (C=O) groups excluding carboxylic acids is 2. The van der Waals surface area contributed by atoms with E-state index >= 15 is 0 Å². The van der Waals surface area contributed by atoms with Gasteiger partial charge in [-0.1, -0.05) is 29.8 Å². The molecule has 6 nitrogen and oxygen atoms in total. The van der Waals surface area contributed by atoms with Crippen molar-refractivity contribution in [3.63, 3.8) is 0 Å². The van der Waals surface area contributed by atoms with Crippen molar-refractivity contribution in [3.8, 4) is 0 Å². The normalized spacial score (nSPS) is 14.3. The molecule has 3 rings (SSSR count). The van der Waals surface area contributed by atoms with E-state index in [2.05, 4.69) is 10.6 Å². The van der Waals surface area contributed by atoms with Crippen molar-refractivity contribution >= 4 is 23.3 Å². The summed E-state index contributed by atoms with van der Waals surface area (Å²) in [5.41, 5.74) is 10.5. The highest BCUT2D eigenvalue weighted by Crippen LogP contribution is 2.26. The van der Waals surface area contributed by atoms with Crippen LogP contribution < -0.4 is 16.4 Å². The molecule has 0 saturated heterocycles. The van der Waals surface area contributed by atoms with Gasteiger partial charge in [-0.25, -0.2) is 4.79 Å². The van der Waals surface area contributed by atoms with Gasteiger partial charge in [0.1, 0.15) is 0 Å².